The first kappa shape index (κ1) is 14.9. The van der Waals surface area contributed by atoms with Crippen LogP contribution in [0, 0.1) is 6.92 Å². The molecule has 4 heteroatoms. The highest BCUT2D eigenvalue weighted by molar-refractivity contribution is 7.17. The van der Waals surface area contributed by atoms with Crippen molar-refractivity contribution in [1.82, 2.24) is 4.90 Å². The van der Waals surface area contributed by atoms with Gasteiger partial charge in [0.1, 0.15) is 0 Å². The maximum Gasteiger partial charge on any atom is 0.264 e. The zero-order chi connectivity index (χ0) is 15.8. The van der Waals surface area contributed by atoms with Crippen molar-refractivity contribution in [2.45, 2.75) is 32.8 Å². The van der Waals surface area contributed by atoms with Crippen molar-refractivity contribution in [2.24, 2.45) is 0 Å². The number of carbonyl (C=O) groups is 1. The maximum atomic E-state index is 12.7. The first-order chi connectivity index (χ1) is 11.2. The van der Waals surface area contributed by atoms with Crippen molar-refractivity contribution in [3.8, 4) is 10.4 Å². The highest BCUT2D eigenvalue weighted by atomic mass is 32.1. The van der Waals surface area contributed by atoms with Crippen LogP contribution < -0.4 is 0 Å². The summed E-state index contributed by atoms with van der Waals surface area (Å²) in [6, 6.07) is 8.77. The molecular weight excluding hydrogens is 306 g/mol. The fraction of sp³-hybridized carbons (Fsp3) is 0.421. The second kappa shape index (κ2) is 6.10. The number of benzene rings is 1. The van der Waals surface area contributed by atoms with Crippen LogP contribution in [-0.4, -0.2) is 30.5 Å². The predicted molar refractivity (Wildman–Crippen MR) is 93.0 cm³/mol. The lowest BCUT2D eigenvalue weighted by molar-refractivity contribution is 0.0797. The topological polar surface area (TPSA) is 29.5 Å². The average molecular weight is 327 g/mol. The van der Waals surface area contributed by atoms with Crippen LogP contribution in [0.15, 0.2) is 24.3 Å². The monoisotopic (exact) mass is 327 g/mol. The van der Waals surface area contributed by atoms with E-state index in [1.807, 2.05) is 11.8 Å². The van der Waals surface area contributed by atoms with Gasteiger partial charge in [-0.3, -0.25) is 4.79 Å². The fourth-order valence-corrected chi connectivity index (χ4v) is 4.56. The van der Waals surface area contributed by atoms with E-state index in [4.69, 9.17) is 4.74 Å². The van der Waals surface area contributed by atoms with Gasteiger partial charge in [-0.2, -0.15) is 0 Å². The van der Waals surface area contributed by atoms with Crippen LogP contribution >= 0.6 is 11.3 Å². The molecule has 0 unspecified atom stereocenters. The molecule has 1 saturated heterocycles. The van der Waals surface area contributed by atoms with Crippen LogP contribution in [0.5, 0.6) is 0 Å². The van der Waals surface area contributed by atoms with Crippen LogP contribution in [0.25, 0.3) is 10.4 Å². The number of fused-ring (bicyclic) bond motifs is 1. The zero-order valence-corrected chi connectivity index (χ0v) is 14.2. The summed E-state index contributed by atoms with van der Waals surface area (Å²) in [5, 5.41) is 0. The molecule has 120 valence electrons. The Bertz CT molecular complexity index is 744. The molecule has 2 aliphatic heterocycles. The SMILES string of the molecule is Cc1cc(-c2ccc3c(c2)COCC3)sc1C(=O)N1CCCC1. The van der Waals surface area contributed by atoms with Crippen molar-refractivity contribution in [3.63, 3.8) is 0 Å². The van der Waals surface area contributed by atoms with E-state index in [1.165, 1.54) is 21.6 Å². The summed E-state index contributed by atoms with van der Waals surface area (Å²) >= 11 is 1.63. The normalized spacial score (nSPS) is 17.3. The molecule has 0 bridgehead atoms. The van der Waals surface area contributed by atoms with Gasteiger partial charge >= 0.3 is 0 Å². The van der Waals surface area contributed by atoms with E-state index < -0.39 is 0 Å². The molecule has 0 aliphatic carbocycles. The van der Waals surface area contributed by atoms with Gasteiger partial charge in [0, 0.05) is 18.0 Å². The molecule has 0 radical (unpaired) electrons. The molecule has 1 amide bonds. The minimum Gasteiger partial charge on any atom is -0.376 e. The average Bonchev–Trinajstić information content (AvgIpc) is 3.23. The molecule has 1 fully saturated rings. The van der Waals surface area contributed by atoms with Gasteiger partial charge in [0.2, 0.25) is 0 Å². The van der Waals surface area contributed by atoms with Gasteiger partial charge in [-0.05, 0) is 60.6 Å². The van der Waals surface area contributed by atoms with Crippen molar-refractivity contribution in [3.05, 3.63) is 45.8 Å². The van der Waals surface area contributed by atoms with E-state index >= 15 is 0 Å². The van der Waals surface area contributed by atoms with E-state index in [0.717, 1.165) is 49.4 Å². The van der Waals surface area contributed by atoms with E-state index in [0.29, 0.717) is 6.61 Å². The smallest absolute Gasteiger partial charge is 0.264 e. The van der Waals surface area contributed by atoms with Crippen LogP contribution in [0.2, 0.25) is 0 Å². The van der Waals surface area contributed by atoms with E-state index in [9.17, 15) is 4.79 Å². The van der Waals surface area contributed by atoms with E-state index in [1.54, 1.807) is 11.3 Å². The molecule has 0 saturated carbocycles. The van der Waals surface area contributed by atoms with Crippen molar-refractivity contribution in [2.75, 3.05) is 19.7 Å². The maximum absolute atomic E-state index is 12.7. The summed E-state index contributed by atoms with van der Waals surface area (Å²) in [6.45, 7) is 5.38. The molecular formula is C19H21NO2S. The van der Waals surface area contributed by atoms with Gasteiger partial charge < -0.3 is 9.64 Å². The summed E-state index contributed by atoms with van der Waals surface area (Å²) in [4.78, 5) is 16.7. The third-order valence-corrected chi connectivity index (χ3v) is 6.04. The molecule has 0 atom stereocenters. The number of thiophene rings is 1. The number of aryl methyl sites for hydroxylation is 1. The molecule has 0 N–H and O–H groups in total. The van der Waals surface area contributed by atoms with Gasteiger partial charge in [-0.15, -0.1) is 11.3 Å². The van der Waals surface area contributed by atoms with Crippen LogP contribution in [0.1, 0.15) is 39.2 Å². The number of carbonyl (C=O) groups excluding carboxylic acids is 1. The summed E-state index contributed by atoms with van der Waals surface area (Å²) in [7, 11) is 0. The Morgan fingerprint density at radius 1 is 1.17 bits per heavy atom. The van der Waals surface area contributed by atoms with Crippen molar-refractivity contribution >= 4 is 17.2 Å². The molecule has 1 aromatic carbocycles. The number of ether oxygens (including phenoxy) is 1. The van der Waals surface area contributed by atoms with Gasteiger partial charge in [-0.1, -0.05) is 12.1 Å². The number of rotatable bonds is 2. The van der Waals surface area contributed by atoms with Crippen LogP contribution in [0.4, 0.5) is 0 Å². The van der Waals surface area contributed by atoms with Crippen molar-refractivity contribution < 1.29 is 9.53 Å². The zero-order valence-electron chi connectivity index (χ0n) is 13.4. The minimum absolute atomic E-state index is 0.206. The first-order valence-electron chi connectivity index (χ1n) is 8.32. The Kier molecular flexibility index (Phi) is 3.95. The largest absolute Gasteiger partial charge is 0.376 e. The van der Waals surface area contributed by atoms with Crippen molar-refractivity contribution in [1.29, 1.82) is 0 Å². The van der Waals surface area contributed by atoms with E-state index in [2.05, 4.69) is 24.3 Å². The lowest BCUT2D eigenvalue weighted by Gasteiger charge is -2.17. The summed E-state index contributed by atoms with van der Waals surface area (Å²) in [6.07, 6.45) is 3.26. The number of hydrogen-bond donors (Lipinski definition) is 0. The number of amides is 1. The summed E-state index contributed by atoms with van der Waals surface area (Å²) in [5.74, 6) is 0.206. The highest BCUT2D eigenvalue weighted by Gasteiger charge is 2.23. The molecule has 1 aromatic heterocycles. The predicted octanol–water partition coefficient (Wildman–Crippen LogP) is 4.03. The molecule has 2 aromatic rings. The Hall–Kier alpha value is -1.65. The van der Waals surface area contributed by atoms with Crippen LogP contribution in [0.3, 0.4) is 0 Å². The Morgan fingerprint density at radius 2 is 2.00 bits per heavy atom. The minimum atomic E-state index is 0.206. The second-order valence-corrected chi connectivity index (χ2v) is 7.46. The van der Waals surface area contributed by atoms with E-state index in [-0.39, 0.29) is 5.91 Å². The Labute approximate surface area is 140 Å². The number of nitrogens with zero attached hydrogens (tertiary/aromatic N) is 1. The number of hydrogen-bond acceptors (Lipinski definition) is 3. The Morgan fingerprint density at radius 3 is 2.83 bits per heavy atom. The third-order valence-electron chi connectivity index (χ3n) is 4.77. The second-order valence-electron chi connectivity index (χ2n) is 6.41. The molecule has 3 nitrogen and oxygen atoms in total. The van der Waals surface area contributed by atoms with Gasteiger partial charge in [-0.25, -0.2) is 0 Å². The van der Waals surface area contributed by atoms with Gasteiger partial charge in [0.05, 0.1) is 18.1 Å². The summed E-state index contributed by atoms with van der Waals surface area (Å²) < 4.78 is 5.56. The van der Waals surface area contributed by atoms with Crippen LogP contribution in [-0.2, 0) is 17.8 Å². The first-order valence-corrected chi connectivity index (χ1v) is 9.13. The molecule has 3 heterocycles. The fourth-order valence-electron chi connectivity index (χ4n) is 3.42. The Balaban J connectivity index is 1.65. The summed E-state index contributed by atoms with van der Waals surface area (Å²) in [5.41, 5.74) is 4.97. The van der Waals surface area contributed by atoms with Gasteiger partial charge in [0.25, 0.3) is 5.91 Å². The lowest BCUT2D eigenvalue weighted by atomic mass is 10.00. The molecule has 2 aliphatic rings. The standard InChI is InChI=1S/C19H21NO2S/c1-13-10-17(23-18(13)19(21)20-7-2-3-8-20)15-5-4-14-6-9-22-12-16(14)11-15/h4-5,10-11H,2-3,6-9,12H2,1H3. The number of likely N-dealkylation sites (tertiary alicyclic amines) is 1. The molecule has 23 heavy (non-hydrogen) atoms. The lowest BCUT2D eigenvalue weighted by Crippen LogP contribution is -2.27. The molecule has 0 spiro atoms. The highest BCUT2D eigenvalue weighted by Crippen LogP contribution is 2.34. The quantitative estimate of drug-likeness (QED) is 0.833. The van der Waals surface area contributed by atoms with Gasteiger partial charge in [0.15, 0.2) is 0 Å². The molecule has 4 rings (SSSR count). The third kappa shape index (κ3) is 2.81.